The van der Waals surface area contributed by atoms with Crippen LogP contribution in [0.25, 0.3) is 11.3 Å². The topological polar surface area (TPSA) is 106 Å². The average molecular weight is 504 g/mol. The third-order valence-corrected chi connectivity index (χ3v) is 5.52. The van der Waals surface area contributed by atoms with Gasteiger partial charge in [-0.25, -0.2) is 9.07 Å². The molecular formula is C25H25F4N5O2. The summed E-state index contributed by atoms with van der Waals surface area (Å²) in [4.78, 5) is 12.5. The van der Waals surface area contributed by atoms with E-state index in [1.807, 2.05) is 6.07 Å². The zero-order valence-electron chi connectivity index (χ0n) is 20.1. The van der Waals surface area contributed by atoms with Gasteiger partial charge in [-0.2, -0.15) is 23.5 Å². The molecule has 11 heteroatoms. The first-order valence-electron chi connectivity index (χ1n) is 10.8. The lowest BCUT2D eigenvalue weighted by atomic mass is 9.86. The highest BCUT2D eigenvalue weighted by atomic mass is 19.4. The molecule has 1 heterocycles. The normalized spacial score (nSPS) is 12.6. The molecule has 3 rings (SSSR count). The number of nitrogens with zero attached hydrogens (tertiary/aromatic N) is 3. The van der Waals surface area contributed by atoms with Crippen LogP contribution in [0.15, 0.2) is 42.5 Å². The lowest BCUT2D eigenvalue weighted by molar-refractivity contribution is -0.194. The monoisotopic (exact) mass is 503 g/mol. The van der Waals surface area contributed by atoms with E-state index < -0.39 is 29.4 Å². The predicted molar refractivity (Wildman–Crippen MR) is 125 cm³/mol. The summed E-state index contributed by atoms with van der Waals surface area (Å²) in [6.45, 7) is 4.34. The predicted octanol–water partition coefficient (Wildman–Crippen LogP) is 5.23. The van der Waals surface area contributed by atoms with Crippen molar-refractivity contribution < 1.29 is 27.1 Å². The van der Waals surface area contributed by atoms with Gasteiger partial charge in [0.05, 0.1) is 12.7 Å². The number of carbonyl (C=O) groups is 1. The highest BCUT2D eigenvalue weighted by Crippen LogP contribution is 2.45. The number of anilines is 1. The molecule has 3 N–H and O–H groups in total. The molecule has 1 amide bonds. The van der Waals surface area contributed by atoms with Crippen LogP contribution in [0, 0.1) is 22.6 Å². The standard InChI is InChI=1S/C25H25F4N5O2/c1-24(2,3)23(25(27,28)29)34-21(31)18(12-30)20(33-34)15-7-5-14(6-8-15)13-32-22(35)17-11-16(26)9-10-19(17)36-4/h5-11,23H,13,31H2,1-4H3,(H,32,35). The van der Waals surface area contributed by atoms with Gasteiger partial charge in [-0.1, -0.05) is 45.0 Å². The van der Waals surface area contributed by atoms with Crippen LogP contribution in [-0.4, -0.2) is 29.0 Å². The first kappa shape index (κ1) is 26.5. The molecule has 0 aliphatic carbocycles. The summed E-state index contributed by atoms with van der Waals surface area (Å²) in [5.41, 5.74) is 5.60. The number of alkyl halides is 3. The first-order chi connectivity index (χ1) is 16.8. The lowest BCUT2D eigenvalue weighted by Crippen LogP contribution is -2.38. The molecule has 0 bridgehead atoms. The number of nitrogens with one attached hydrogen (secondary N) is 1. The molecule has 0 fully saturated rings. The maximum absolute atomic E-state index is 13.9. The van der Waals surface area contributed by atoms with Crippen molar-refractivity contribution in [1.82, 2.24) is 15.1 Å². The number of hydrogen-bond acceptors (Lipinski definition) is 5. The Hall–Kier alpha value is -4.07. The number of nitrogen functional groups attached to an aromatic ring is 1. The number of carbonyl (C=O) groups excluding carboxylic acids is 1. The molecule has 3 aromatic rings. The summed E-state index contributed by atoms with van der Waals surface area (Å²) in [6, 6.07) is 9.78. The van der Waals surface area contributed by atoms with E-state index in [2.05, 4.69) is 10.4 Å². The van der Waals surface area contributed by atoms with Crippen LogP contribution in [0.5, 0.6) is 5.75 Å². The summed E-state index contributed by atoms with van der Waals surface area (Å²) in [5.74, 6) is -1.29. The average Bonchev–Trinajstić information content (AvgIpc) is 3.11. The van der Waals surface area contributed by atoms with E-state index in [0.717, 1.165) is 6.07 Å². The zero-order valence-corrected chi connectivity index (χ0v) is 20.1. The minimum Gasteiger partial charge on any atom is -0.496 e. The van der Waals surface area contributed by atoms with Crippen LogP contribution in [0.4, 0.5) is 23.4 Å². The van der Waals surface area contributed by atoms with Crippen LogP contribution < -0.4 is 15.8 Å². The van der Waals surface area contributed by atoms with Crippen LogP contribution in [0.1, 0.15) is 48.3 Å². The second-order valence-corrected chi connectivity index (χ2v) is 9.20. The fourth-order valence-corrected chi connectivity index (χ4v) is 3.87. The molecule has 1 unspecified atom stereocenters. The van der Waals surface area contributed by atoms with E-state index in [1.165, 1.54) is 40.0 Å². The van der Waals surface area contributed by atoms with Crippen molar-refractivity contribution >= 4 is 11.7 Å². The number of hydrogen-bond donors (Lipinski definition) is 2. The molecule has 0 radical (unpaired) electrons. The van der Waals surface area contributed by atoms with Gasteiger partial charge in [0.2, 0.25) is 0 Å². The number of amides is 1. The molecule has 7 nitrogen and oxygen atoms in total. The van der Waals surface area contributed by atoms with Crippen molar-refractivity contribution in [1.29, 1.82) is 5.26 Å². The molecule has 0 saturated heterocycles. The molecule has 36 heavy (non-hydrogen) atoms. The summed E-state index contributed by atoms with van der Waals surface area (Å²) >= 11 is 0. The Labute approximate surface area is 205 Å². The van der Waals surface area contributed by atoms with Gasteiger partial charge in [0.25, 0.3) is 5.91 Å². The van der Waals surface area contributed by atoms with Gasteiger partial charge in [0, 0.05) is 12.1 Å². The number of aromatic nitrogens is 2. The summed E-state index contributed by atoms with van der Waals surface area (Å²) in [5, 5.41) is 16.3. The van der Waals surface area contributed by atoms with Crippen molar-refractivity contribution in [2.24, 2.45) is 5.41 Å². The number of halogens is 4. The Kier molecular flexibility index (Phi) is 7.29. The second-order valence-electron chi connectivity index (χ2n) is 9.20. The third-order valence-electron chi connectivity index (χ3n) is 5.52. The Morgan fingerprint density at radius 2 is 1.83 bits per heavy atom. The van der Waals surface area contributed by atoms with E-state index in [9.17, 15) is 27.6 Å². The maximum Gasteiger partial charge on any atom is 0.411 e. The molecule has 0 aliphatic rings. The summed E-state index contributed by atoms with van der Waals surface area (Å²) < 4.78 is 60.9. The van der Waals surface area contributed by atoms with Crippen molar-refractivity contribution in [3.05, 3.63) is 65.0 Å². The zero-order chi connectivity index (χ0) is 26.8. The smallest absolute Gasteiger partial charge is 0.411 e. The highest BCUT2D eigenvalue weighted by Gasteiger charge is 2.50. The molecule has 0 saturated carbocycles. The van der Waals surface area contributed by atoms with Gasteiger partial charge in [-0.15, -0.1) is 0 Å². The fraction of sp³-hybridized carbons (Fsp3) is 0.320. The van der Waals surface area contributed by atoms with Crippen molar-refractivity contribution in [3.8, 4) is 23.1 Å². The van der Waals surface area contributed by atoms with Crippen LogP contribution in [-0.2, 0) is 6.54 Å². The number of nitriles is 1. The minimum atomic E-state index is -4.64. The van der Waals surface area contributed by atoms with E-state index in [-0.39, 0.29) is 34.9 Å². The van der Waals surface area contributed by atoms with E-state index in [0.29, 0.717) is 15.8 Å². The Morgan fingerprint density at radius 1 is 1.19 bits per heavy atom. The number of benzene rings is 2. The summed E-state index contributed by atoms with van der Waals surface area (Å²) in [6.07, 6.45) is -4.64. The third kappa shape index (κ3) is 5.43. The molecule has 190 valence electrons. The lowest BCUT2D eigenvalue weighted by Gasteiger charge is -2.33. The van der Waals surface area contributed by atoms with E-state index in [1.54, 1.807) is 24.3 Å². The number of rotatable bonds is 6. The van der Waals surface area contributed by atoms with Crippen LogP contribution in [0.3, 0.4) is 0 Å². The molecule has 1 aromatic heterocycles. The van der Waals surface area contributed by atoms with Gasteiger partial charge in [0.15, 0.2) is 6.04 Å². The first-order valence-corrected chi connectivity index (χ1v) is 10.8. The molecule has 0 spiro atoms. The molecule has 2 aromatic carbocycles. The van der Waals surface area contributed by atoms with Gasteiger partial charge in [-0.3, -0.25) is 4.79 Å². The second kappa shape index (κ2) is 9.89. The van der Waals surface area contributed by atoms with Gasteiger partial charge in [-0.05, 0) is 29.2 Å². The van der Waals surface area contributed by atoms with Gasteiger partial charge >= 0.3 is 6.18 Å². The number of ether oxygens (including phenoxy) is 1. The van der Waals surface area contributed by atoms with Crippen LogP contribution in [0.2, 0.25) is 0 Å². The SMILES string of the molecule is COc1ccc(F)cc1C(=O)NCc1ccc(-c2nn(C(C(C)(C)C)C(F)(F)F)c(N)c2C#N)cc1. The van der Waals surface area contributed by atoms with E-state index >= 15 is 0 Å². The maximum atomic E-state index is 13.9. The Morgan fingerprint density at radius 3 is 2.36 bits per heavy atom. The quantitative estimate of drug-likeness (QED) is 0.448. The van der Waals surface area contributed by atoms with Crippen molar-refractivity contribution in [3.63, 3.8) is 0 Å². The molecule has 0 aliphatic heterocycles. The van der Waals surface area contributed by atoms with Crippen LogP contribution >= 0.6 is 0 Å². The van der Waals surface area contributed by atoms with Crippen molar-refractivity contribution in [2.75, 3.05) is 12.8 Å². The van der Waals surface area contributed by atoms with E-state index in [4.69, 9.17) is 10.5 Å². The van der Waals surface area contributed by atoms with Gasteiger partial charge < -0.3 is 15.8 Å². The van der Waals surface area contributed by atoms with Gasteiger partial charge in [0.1, 0.15) is 34.7 Å². The largest absolute Gasteiger partial charge is 0.496 e. The fourth-order valence-electron chi connectivity index (χ4n) is 3.87. The Balaban J connectivity index is 1.86. The Bertz CT molecular complexity index is 1290. The van der Waals surface area contributed by atoms with Crippen molar-refractivity contribution in [2.45, 2.75) is 39.5 Å². The summed E-state index contributed by atoms with van der Waals surface area (Å²) in [7, 11) is 1.37. The molecule has 1 atom stereocenters. The minimum absolute atomic E-state index is 0.0218. The highest BCUT2D eigenvalue weighted by molar-refractivity contribution is 5.96. The number of methoxy groups -OCH3 is 1. The molecular weight excluding hydrogens is 478 g/mol. The number of nitrogens with two attached hydrogens (primary N) is 1.